The van der Waals surface area contributed by atoms with Crippen LogP contribution in [0.3, 0.4) is 0 Å². The van der Waals surface area contributed by atoms with Gasteiger partial charge in [0.15, 0.2) is 12.2 Å². The monoisotopic (exact) mass is 176 g/mol. The van der Waals surface area contributed by atoms with Crippen molar-refractivity contribution >= 4 is 5.69 Å². The van der Waals surface area contributed by atoms with Gasteiger partial charge in [-0.2, -0.15) is 10.2 Å². The Morgan fingerprint density at radius 2 is 2.08 bits per heavy atom. The molecule has 13 heavy (non-hydrogen) atoms. The standard InChI is InChI=1S/C8H8N4O/c1-5-8(13-4-10-5)6-2-11-12-3-7(6)9/h2-4H,1H3,(H2,9,11). The van der Waals surface area contributed by atoms with Crippen molar-refractivity contribution in [1.82, 2.24) is 15.2 Å². The second-order valence-corrected chi connectivity index (χ2v) is 2.63. The maximum absolute atomic E-state index is 5.69. The Bertz CT molecular complexity index is 424. The number of aromatic nitrogens is 3. The molecule has 0 aliphatic heterocycles. The molecular formula is C8H8N4O. The van der Waals surface area contributed by atoms with E-state index in [1.54, 1.807) is 6.20 Å². The molecule has 2 aromatic heterocycles. The van der Waals surface area contributed by atoms with E-state index in [1.807, 2.05) is 6.92 Å². The molecule has 0 bridgehead atoms. The fraction of sp³-hybridized carbons (Fsp3) is 0.125. The average molecular weight is 176 g/mol. The predicted molar refractivity (Wildman–Crippen MR) is 46.7 cm³/mol. The molecule has 0 spiro atoms. The Balaban J connectivity index is 2.59. The molecule has 0 saturated carbocycles. The van der Waals surface area contributed by atoms with Gasteiger partial charge in [0.25, 0.3) is 0 Å². The number of aryl methyl sites for hydroxylation is 1. The van der Waals surface area contributed by atoms with Crippen LogP contribution in [0.2, 0.25) is 0 Å². The van der Waals surface area contributed by atoms with Crippen molar-refractivity contribution < 1.29 is 4.42 Å². The summed E-state index contributed by atoms with van der Waals surface area (Å²) in [4.78, 5) is 3.96. The molecule has 5 heteroatoms. The van der Waals surface area contributed by atoms with E-state index in [1.165, 1.54) is 12.6 Å². The van der Waals surface area contributed by atoms with Crippen LogP contribution in [0.1, 0.15) is 5.69 Å². The van der Waals surface area contributed by atoms with Gasteiger partial charge < -0.3 is 10.2 Å². The number of hydrogen-bond donors (Lipinski definition) is 1. The highest BCUT2D eigenvalue weighted by molar-refractivity contribution is 5.71. The second kappa shape index (κ2) is 2.85. The summed E-state index contributed by atoms with van der Waals surface area (Å²) in [6.45, 7) is 1.85. The van der Waals surface area contributed by atoms with Crippen LogP contribution >= 0.6 is 0 Å². The smallest absolute Gasteiger partial charge is 0.181 e. The Morgan fingerprint density at radius 1 is 1.31 bits per heavy atom. The number of oxazole rings is 1. The van der Waals surface area contributed by atoms with E-state index >= 15 is 0 Å². The molecule has 0 unspecified atom stereocenters. The quantitative estimate of drug-likeness (QED) is 0.701. The molecule has 5 nitrogen and oxygen atoms in total. The van der Waals surface area contributed by atoms with E-state index in [0.29, 0.717) is 11.4 Å². The number of anilines is 1. The van der Waals surface area contributed by atoms with Gasteiger partial charge in [-0.3, -0.25) is 0 Å². The van der Waals surface area contributed by atoms with E-state index < -0.39 is 0 Å². The Morgan fingerprint density at radius 3 is 2.69 bits per heavy atom. The lowest BCUT2D eigenvalue weighted by Gasteiger charge is -1.99. The van der Waals surface area contributed by atoms with Crippen LogP contribution in [0.25, 0.3) is 11.3 Å². The highest BCUT2D eigenvalue weighted by atomic mass is 16.3. The Hall–Kier alpha value is -1.91. The third-order valence-corrected chi connectivity index (χ3v) is 1.75. The van der Waals surface area contributed by atoms with Crippen LogP contribution in [-0.2, 0) is 0 Å². The zero-order valence-corrected chi connectivity index (χ0v) is 7.06. The van der Waals surface area contributed by atoms with Crippen LogP contribution < -0.4 is 5.73 Å². The molecule has 0 aliphatic carbocycles. The molecule has 0 aromatic carbocycles. The fourth-order valence-electron chi connectivity index (χ4n) is 1.08. The molecule has 0 saturated heterocycles. The van der Waals surface area contributed by atoms with E-state index in [9.17, 15) is 0 Å². The van der Waals surface area contributed by atoms with Crippen LogP contribution in [0.4, 0.5) is 5.69 Å². The zero-order valence-electron chi connectivity index (χ0n) is 7.06. The van der Waals surface area contributed by atoms with E-state index in [0.717, 1.165) is 11.3 Å². The summed E-state index contributed by atoms with van der Waals surface area (Å²) < 4.78 is 5.17. The summed E-state index contributed by atoms with van der Waals surface area (Å²) in [7, 11) is 0. The second-order valence-electron chi connectivity index (χ2n) is 2.63. The van der Waals surface area contributed by atoms with Crippen molar-refractivity contribution in [3.63, 3.8) is 0 Å². The topological polar surface area (TPSA) is 77.8 Å². The number of nitrogen functional groups attached to an aromatic ring is 1. The van der Waals surface area contributed by atoms with E-state index in [4.69, 9.17) is 10.2 Å². The van der Waals surface area contributed by atoms with Crippen molar-refractivity contribution in [3.8, 4) is 11.3 Å². The molecule has 0 aliphatic rings. The van der Waals surface area contributed by atoms with Gasteiger partial charge in [-0.1, -0.05) is 0 Å². The van der Waals surface area contributed by atoms with Gasteiger partial charge in [0, 0.05) is 0 Å². The van der Waals surface area contributed by atoms with Gasteiger partial charge >= 0.3 is 0 Å². The van der Waals surface area contributed by atoms with Gasteiger partial charge in [-0.25, -0.2) is 4.98 Å². The van der Waals surface area contributed by atoms with E-state index in [-0.39, 0.29) is 0 Å². The fourth-order valence-corrected chi connectivity index (χ4v) is 1.08. The lowest BCUT2D eigenvalue weighted by Crippen LogP contribution is -1.93. The Labute approximate surface area is 74.6 Å². The van der Waals surface area contributed by atoms with Crippen molar-refractivity contribution in [2.75, 3.05) is 5.73 Å². The van der Waals surface area contributed by atoms with E-state index in [2.05, 4.69) is 15.2 Å². The van der Waals surface area contributed by atoms with Crippen LogP contribution in [0.15, 0.2) is 23.2 Å². The molecule has 0 atom stereocenters. The number of rotatable bonds is 1. The van der Waals surface area contributed by atoms with Crippen molar-refractivity contribution in [2.45, 2.75) is 6.92 Å². The molecule has 0 amide bonds. The first-order valence-corrected chi connectivity index (χ1v) is 3.75. The van der Waals surface area contributed by atoms with Crippen LogP contribution in [0.5, 0.6) is 0 Å². The van der Waals surface area contributed by atoms with Gasteiger partial charge in [0.1, 0.15) is 0 Å². The van der Waals surface area contributed by atoms with Crippen molar-refractivity contribution in [1.29, 1.82) is 0 Å². The lowest BCUT2D eigenvalue weighted by atomic mass is 10.2. The first-order valence-electron chi connectivity index (χ1n) is 3.75. The van der Waals surface area contributed by atoms with Gasteiger partial charge in [-0.05, 0) is 6.92 Å². The molecule has 2 N–H and O–H groups in total. The number of nitrogens with zero attached hydrogens (tertiary/aromatic N) is 3. The molecular weight excluding hydrogens is 168 g/mol. The number of nitrogens with two attached hydrogens (primary N) is 1. The van der Waals surface area contributed by atoms with Gasteiger partial charge in [0.2, 0.25) is 0 Å². The molecule has 2 rings (SSSR count). The number of hydrogen-bond acceptors (Lipinski definition) is 5. The average Bonchev–Trinajstić information content (AvgIpc) is 2.52. The minimum Gasteiger partial charge on any atom is -0.443 e. The van der Waals surface area contributed by atoms with Crippen molar-refractivity contribution in [3.05, 3.63) is 24.5 Å². The highest BCUT2D eigenvalue weighted by Crippen LogP contribution is 2.25. The SMILES string of the molecule is Cc1ncoc1-c1cnncc1N. The molecule has 2 aromatic rings. The Kier molecular flexibility index (Phi) is 1.70. The van der Waals surface area contributed by atoms with Gasteiger partial charge in [-0.15, -0.1) is 0 Å². The third kappa shape index (κ3) is 1.24. The van der Waals surface area contributed by atoms with Crippen molar-refractivity contribution in [2.24, 2.45) is 0 Å². The first-order chi connectivity index (χ1) is 6.29. The predicted octanol–water partition coefficient (Wildman–Crippen LogP) is 1.02. The minimum atomic E-state index is 0.537. The minimum absolute atomic E-state index is 0.537. The summed E-state index contributed by atoms with van der Waals surface area (Å²) in [5, 5.41) is 7.37. The molecule has 0 radical (unpaired) electrons. The summed E-state index contributed by atoms with van der Waals surface area (Å²) >= 11 is 0. The summed E-state index contributed by atoms with van der Waals surface area (Å²) in [6, 6.07) is 0. The summed E-state index contributed by atoms with van der Waals surface area (Å²) in [5.74, 6) is 0.646. The maximum atomic E-state index is 5.69. The molecule has 2 heterocycles. The molecule has 0 fully saturated rings. The highest BCUT2D eigenvalue weighted by Gasteiger charge is 2.09. The largest absolute Gasteiger partial charge is 0.443 e. The van der Waals surface area contributed by atoms with Crippen LogP contribution in [0, 0.1) is 6.92 Å². The molecule has 66 valence electrons. The normalized spacial score (nSPS) is 10.2. The summed E-state index contributed by atoms with van der Waals surface area (Å²) in [5.41, 5.74) is 7.75. The van der Waals surface area contributed by atoms with Gasteiger partial charge in [0.05, 0.1) is 29.3 Å². The summed E-state index contributed by atoms with van der Waals surface area (Å²) in [6.07, 6.45) is 4.42. The maximum Gasteiger partial charge on any atom is 0.181 e. The third-order valence-electron chi connectivity index (χ3n) is 1.75. The first kappa shape index (κ1) is 7.72. The lowest BCUT2D eigenvalue weighted by molar-refractivity contribution is 0.571. The zero-order chi connectivity index (χ0) is 9.26. The van der Waals surface area contributed by atoms with Crippen LogP contribution in [-0.4, -0.2) is 15.2 Å².